The Kier molecular flexibility index (Phi) is 5.93. The Bertz CT molecular complexity index is 683. The number of benzene rings is 1. The monoisotopic (exact) mass is 418 g/mol. The van der Waals surface area contributed by atoms with E-state index >= 15 is 0 Å². The van der Waals surface area contributed by atoms with Crippen LogP contribution in [0.4, 0.5) is 4.79 Å². The number of carbonyl (C=O) groups is 1. The number of hydrogen-bond acceptors (Lipinski definition) is 4. The van der Waals surface area contributed by atoms with Gasteiger partial charge in [-0.2, -0.15) is 0 Å². The number of hydrogen-bond donors (Lipinski definition) is 1. The van der Waals surface area contributed by atoms with Gasteiger partial charge in [-0.25, -0.2) is 17.9 Å². The molecule has 1 heterocycles. The standard InChI is InChI=1S/C16H23BrN2O4S/c1-16(2,3)23-15(20)19-9-8-13(11-19)18-24(21,22)14-6-4-12(10-17)5-7-14/h4-7,13,18H,8-11H2,1-3H3/t13-/m0/s1. The molecule has 6 nitrogen and oxygen atoms in total. The minimum absolute atomic E-state index is 0.225. The van der Waals surface area contributed by atoms with Gasteiger partial charge in [-0.05, 0) is 44.9 Å². The highest BCUT2D eigenvalue weighted by molar-refractivity contribution is 9.08. The first-order chi connectivity index (χ1) is 11.1. The Labute approximate surface area is 151 Å². The Morgan fingerprint density at radius 1 is 1.33 bits per heavy atom. The summed E-state index contributed by atoms with van der Waals surface area (Å²) >= 11 is 3.33. The molecule has 8 heteroatoms. The molecule has 0 saturated carbocycles. The molecule has 1 saturated heterocycles. The summed E-state index contributed by atoms with van der Waals surface area (Å²) in [5, 5.41) is 0.675. The SMILES string of the molecule is CC(C)(C)OC(=O)N1CC[C@H](NS(=O)(=O)c2ccc(CBr)cc2)C1. The van der Waals surface area contributed by atoms with Gasteiger partial charge < -0.3 is 9.64 Å². The zero-order valence-electron chi connectivity index (χ0n) is 14.1. The molecule has 1 aliphatic heterocycles. The first kappa shape index (κ1) is 19.2. The van der Waals surface area contributed by atoms with Crippen molar-refractivity contribution in [2.24, 2.45) is 0 Å². The number of halogens is 1. The number of nitrogens with zero attached hydrogens (tertiary/aromatic N) is 1. The van der Waals surface area contributed by atoms with Crippen LogP contribution in [0.15, 0.2) is 29.2 Å². The van der Waals surface area contributed by atoms with Crippen LogP contribution in [0.3, 0.4) is 0 Å². The van der Waals surface area contributed by atoms with E-state index in [0.29, 0.717) is 24.8 Å². The van der Waals surface area contributed by atoms with E-state index in [0.717, 1.165) is 5.56 Å². The van der Waals surface area contributed by atoms with Crippen molar-refractivity contribution in [2.75, 3.05) is 13.1 Å². The van der Waals surface area contributed by atoms with Gasteiger partial charge in [0.2, 0.25) is 10.0 Å². The summed E-state index contributed by atoms with van der Waals surface area (Å²) in [6.45, 7) is 6.20. The Hall–Kier alpha value is -1.12. The molecular formula is C16H23BrN2O4S. The largest absolute Gasteiger partial charge is 0.444 e. The maximum atomic E-state index is 12.4. The van der Waals surface area contributed by atoms with Gasteiger partial charge in [0.1, 0.15) is 5.60 Å². The molecule has 1 fully saturated rings. The second-order valence-electron chi connectivity index (χ2n) is 6.81. The van der Waals surface area contributed by atoms with Crippen molar-refractivity contribution >= 4 is 32.0 Å². The predicted octanol–water partition coefficient (Wildman–Crippen LogP) is 2.87. The minimum atomic E-state index is -3.60. The lowest BCUT2D eigenvalue weighted by atomic mass is 10.2. The first-order valence-corrected chi connectivity index (χ1v) is 10.4. The zero-order valence-corrected chi connectivity index (χ0v) is 16.5. The van der Waals surface area contributed by atoms with Crippen LogP contribution in [0.25, 0.3) is 0 Å². The fourth-order valence-corrected chi connectivity index (χ4v) is 4.03. The summed E-state index contributed by atoms with van der Waals surface area (Å²) in [5.41, 5.74) is 0.442. The minimum Gasteiger partial charge on any atom is -0.444 e. The van der Waals surface area contributed by atoms with E-state index in [1.165, 1.54) is 4.90 Å². The highest BCUT2D eigenvalue weighted by Gasteiger charge is 2.32. The van der Waals surface area contributed by atoms with E-state index in [1.807, 2.05) is 0 Å². The number of ether oxygens (including phenoxy) is 1. The third-order valence-electron chi connectivity index (χ3n) is 3.55. The van der Waals surface area contributed by atoms with E-state index in [4.69, 9.17) is 4.74 Å². The van der Waals surface area contributed by atoms with Gasteiger partial charge in [-0.3, -0.25) is 0 Å². The molecule has 2 rings (SSSR count). The van der Waals surface area contributed by atoms with Crippen LogP contribution in [0.2, 0.25) is 0 Å². The quantitative estimate of drug-likeness (QED) is 0.762. The summed E-state index contributed by atoms with van der Waals surface area (Å²) in [6, 6.07) is 6.40. The van der Waals surface area contributed by atoms with Crippen LogP contribution in [0.1, 0.15) is 32.8 Å². The normalized spacial score (nSPS) is 18.7. The number of amides is 1. The van der Waals surface area contributed by atoms with Crippen molar-refractivity contribution < 1.29 is 17.9 Å². The summed E-state index contributed by atoms with van der Waals surface area (Å²) in [5.74, 6) is 0. The van der Waals surface area contributed by atoms with Crippen molar-refractivity contribution in [1.29, 1.82) is 0 Å². The number of likely N-dealkylation sites (tertiary alicyclic amines) is 1. The Morgan fingerprint density at radius 2 is 1.96 bits per heavy atom. The summed E-state index contributed by atoms with van der Waals surface area (Å²) < 4.78 is 32.9. The smallest absolute Gasteiger partial charge is 0.410 e. The van der Waals surface area contributed by atoms with Gasteiger partial charge in [0, 0.05) is 24.5 Å². The van der Waals surface area contributed by atoms with E-state index in [1.54, 1.807) is 45.0 Å². The third-order valence-corrected chi connectivity index (χ3v) is 5.73. The maximum Gasteiger partial charge on any atom is 0.410 e. The zero-order chi connectivity index (χ0) is 18.0. The number of sulfonamides is 1. The fourth-order valence-electron chi connectivity index (χ4n) is 2.39. The summed E-state index contributed by atoms with van der Waals surface area (Å²) in [6.07, 6.45) is 0.156. The van der Waals surface area contributed by atoms with Crippen LogP contribution in [0.5, 0.6) is 0 Å². The molecule has 1 aliphatic rings. The van der Waals surface area contributed by atoms with Gasteiger partial charge in [0.15, 0.2) is 0 Å². The molecule has 0 aliphatic carbocycles. The Morgan fingerprint density at radius 3 is 2.50 bits per heavy atom. The molecular weight excluding hydrogens is 396 g/mol. The van der Waals surface area contributed by atoms with Crippen LogP contribution in [-0.4, -0.2) is 44.1 Å². The van der Waals surface area contributed by atoms with Crippen molar-refractivity contribution in [2.45, 2.75) is 49.1 Å². The maximum absolute atomic E-state index is 12.4. The van der Waals surface area contributed by atoms with Gasteiger partial charge in [-0.15, -0.1) is 0 Å². The number of alkyl halides is 1. The predicted molar refractivity (Wildman–Crippen MR) is 95.6 cm³/mol. The van der Waals surface area contributed by atoms with Crippen molar-refractivity contribution in [3.8, 4) is 0 Å². The van der Waals surface area contributed by atoms with E-state index in [9.17, 15) is 13.2 Å². The van der Waals surface area contributed by atoms with E-state index in [2.05, 4.69) is 20.7 Å². The molecule has 1 aromatic rings. The lowest BCUT2D eigenvalue weighted by molar-refractivity contribution is 0.0292. The number of rotatable bonds is 4. The van der Waals surface area contributed by atoms with Gasteiger partial charge >= 0.3 is 6.09 Å². The van der Waals surface area contributed by atoms with Gasteiger partial charge in [0.05, 0.1) is 4.90 Å². The highest BCUT2D eigenvalue weighted by Crippen LogP contribution is 2.18. The van der Waals surface area contributed by atoms with Crippen molar-refractivity contribution in [3.05, 3.63) is 29.8 Å². The van der Waals surface area contributed by atoms with Crippen LogP contribution >= 0.6 is 15.9 Å². The van der Waals surface area contributed by atoms with E-state index < -0.39 is 21.7 Å². The average Bonchev–Trinajstić information content (AvgIpc) is 2.93. The van der Waals surface area contributed by atoms with Crippen molar-refractivity contribution in [1.82, 2.24) is 9.62 Å². The molecule has 1 N–H and O–H groups in total. The molecule has 134 valence electrons. The molecule has 0 unspecified atom stereocenters. The van der Waals surface area contributed by atoms with Crippen molar-refractivity contribution in [3.63, 3.8) is 0 Å². The molecule has 1 amide bonds. The topological polar surface area (TPSA) is 75.7 Å². The molecule has 24 heavy (non-hydrogen) atoms. The molecule has 0 spiro atoms. The second-order valence-corrected chi connectivity index (χ2v) is 9.09. The molecule has 0 aromatic heterocycles. The molecule has 1 aromatic carbocycles. The number of carbonyl (C=O) groups excluding carboxylic acids is 1. The van der Waals surface area contributed by atoms with Crippen LogP contribution in [-0.2, 0) is 20.1 Å². The number of nitrogens with one attached hydrogen (secondary N) is 1. The lowest BCUT2D eigenvalue weighted by Gasteiger charge is -2.24. The van der Waals surface area contributed by atoms with Crippen LogP contribution < -0.4 is 4.72 Å². The first-order valence-electron chi connectivity index (χ1n) is 7.76. The summed E-state index contributed by atoms with van der Waals surface area (Å²) in [4.78, 5) is 13.8. The lowest BCUT2D eigenvalue weighted by Crippen LogP contribution is -2.40. The van der Waals surface area contributed by atoms with Crippen LogP contribution in [0, 0.1) is 0 Å². The summed E-state index contributed by atoms with van der Waals surface area (Å²) in [7, 11) is -3.60. The Balaban J connectivity index is 1.97. The molecule has 0 bridgehead atoms. The molecule has 1 atom stereocenters. The second kappa shape index (κ2) is 7.41. The van der Waals surface area contributed by atoms with E-state index in [-0.39, 0.29) is 10.9 Å². The fraction of sp³-hybridized carbons (Fsp3) is 0.562. The van der Waals surface area contributed by atoms with Gasteiger partial charge in [-0.1, -0.05) is 28.1 Å². The average molecular weight is 419 g/mol. The molecule has 0 radical (unpaired) electrons. The van der Waals surface area contributed by atoms with Gasteiger partial charge in [0.25, 0.3) is 0 Å². The highest BCUT2D eigenvalue weighted by atomic mass is 79.9. The third kappa shape index (κ3) is 5.19.